The Morgan fingerprint density at radius 3 is 2.76 bits per heavy atom. The second-order valence-electron chi connectivity index (χ2n) is 4.20. The molecular formula is C12H14INO3. The van der Waals surface area contributed by atoms with Crippen LogP contribution in [0.2, 0.25) is 0 Å². The summed E-state index contributed by atoms with van der Waals surface area (Å²) in [5.41, 5.74) is 1.03. The zero-order valence-corrected chi connectivity index (χ0v) is 11.5. The van der Waals surface area contributed by atoms with Gasteiger partial charge in [0.05, 0.1) is 17.6 Å². The van der Waals surface area contributed by atoms with Crippen LogP contribution in [-0.4, -0.2) is 22.1 Å². The van der Waals surface area contributed by atoms with Crippen molar-refractivity contribution in [2.45, 2.75) is 24.9 Å². The van der Waals surface area contributed by atoms with Gasteiger partial charge < -0.3 is 4.74 Å². The van der Waals surface area contributed by atoms with E-state index < -0.39 is 0 Å². The molecule has 1 heterocycles. The molecule has 0 aliphatic carbocycles. The van der Waals surface area contributed by atoms with E-state index in [1.807, 2.05) is 12.1 Å². The number of nitro benzene ring substituents is 1. The highest BCUT2D eigenvalue weighted by Crippen LogP contribution is 2.33. The van der Waals surface area contributed by atoms with Crippen LogP contribution in [0.1, 0.15) is 24.3 Å². The molecule has 0 N–H and O–H groups in total. The van der Waals surface area contributed by atoms with Gasteiger partial charge in [-0.2, -0.15) is 0 Å². The number of halogens is 1. The Hall–Kier alpha value is -0.690. The first kappa shape index (κ1) is 12.8. The molecule has 5 heteroatoms. The van der Waals surface area contributed by atoms with Crippen molar-refractivity contribution in [3.8, 4) is 0 Å². The van der Waals surface area contributed by atoms with Gasteiger partial charge >= 0.3 is 0 Å². The third-order valence-corrected chi connectivity index (χ3v) is 4.10. The minimum atomic E-state index is -0.306. The fourth-order valence-corrected chi connectivity index (χ4v) is 2.87. The minimum Gasteiger partial charge on any atom is -0.377 e. The lowest BCUT2D eigenvalue weighted by atomic mass is 9.90. The largest absolute Gasteiger partial charge is 0.377 e. The molecule has 17 heavy (non-hydrogen) atoms. The highest BCUT2D eigenvalue weighted by molar-refractivity contribution is 14.1. The van der Waals surface area contributed by atoms with E-state index in [1.54, 1.807) is 12.1 Å². The number of alkyl halides is 1. The van der Waals surface area contributed by atoms with Crippen molar-refractivity contribution in [2.24, 2.45) is 0 Å². The number of nitrogens with zero attached hydrogens (tertiary/aromatic N) is 1. The van der Waals surface area contributed by atoms with Gasteiger partial charge in [-0.3, -0.25) is 10.1 Å². The summed E-state index contributed by atoms with van der Waals surface area (Å²) in [6, 6.07) is 6.97. The van der Waals surface area contributed by atoms with Crippen LogP contribution in [0.5, 0.6) is 0 Å². The SMILES string of the molecule is O=[N+]([O-])c1ccccc1[C@H]1CC[C@@H](CI)OC1. The molecule has 0 amide bonds. The molecule has 1 aromatic carbocycles. The van der Waals surface area contributed by atoms with Gasteiger partial charge in [0, 0.05) is 22.0 Å². The molecule has 0 bridgehead atoms. The summed E-state index contributed by atoms with van der Waals surface area (Å²) in [6.07, 6.45) is 2.27. The average molecular weight is 347 g/mol. The molecule has 1 saturated heterocycles. The quantitative estimate of drug-likeness (QED) is 0.365. The topological polar surface area (TPSA) is 52.4 Å². The van der Waals surface area contributed by atoms with Crippen molar-refractivity contribution in [3.63, 3.8) is 0 Å². The molecule has 1 aliphatic heterocycles. The number of hydrogen-bond donors (Lipinski definition) is 0. The molecule has 0 saturated carbocycles. The molecule has 1 aliphatic rings. The Morgan fingerprint density at radius 1 is 1.41 bits per heavy atom. The van der Waals surface area contributed by atoms with Gasteiger partial charge in [0.1, 0.15) is 0 Å². The maximum Gasteiger partial charge on any atom is 0.272 e. The maximum atomic E-state index is 10.9. The van der Waals surface area contributed by atoms with Crippen LogP contribution in [0, 0.1) is 10.1 Å². The summed E-state index contributed by atoms with van der Waals surface area (Å²) in [5, 5.41) is 10.9. The number of benzene rings is 1. The molecule has 2 atom stereocenters. The lowest BCUT2D eigenvalue weighted by Crippen LogP contribution is -2.26. The molecule has 92 valence electrons. The van der Waals surface area contributed by atoms with Crippen LogP contribution in [0.4, 0.5) is 5.69 Å². The van der Waals surface area contributed by atoms with Crippen molar-refractivity contribution in [2.75, 3.05) is 11.0 Å². The predicted molar refractivity (Wildman–Crippen MR) is 73.7 cm³/mol. The van der Waals surface area contributed by atoms with E-state index in [0.29, 0.717) is 12.7 Å². The average Bonchev–Trinajstić information content (AvgIpc) is 2.39. The van der Waals surface area contributed by atoms with Gasteiger partial charge in [-0.1, -0.05) is 40.8 Å². The smallest absolute Gasteiger partial charge is 0.272 e. The van der Waals surface area contributed by atoms with E-state index in [9.17, 15) is 10.1 Å². The highest BCUT2D eigenvalue weighted by atomic mass is 127. The Labute approximate surface area is 114 Å². The second-order valence-corrected chi connectivity index (χ2v) is 5.08. The zero-order valence-electron chi connectivity index (χ0n) is 9.34. The zero-order chi connectivity index (χ0) is 12.3. The summed E-state index contributed by atoms with van der Waals surface area (Å²) >= 11 is 2.31. The molecular weight excluding hydrogens is 333 g/mol. The maximum absolute atomic E-state index is 10.9. The summed E-state index contributed by atoms with van der Waals surface area (Å²) in [7, 11) is 0. The Bertz CT molecular complexity index is 402. The molecule has 0 aromatic heterocycles. The van der Waals surface area contributed by atoms with Gasteiger partial charge in [-0.05, 0) is 12.8 Å². The van der Waals surface area contributed by atoms with Crippen molar-refractivity contribution >= 4 is 28.3 Å². The van der Waals surface area contributed by atoms with E-state index in [4.69, 9.17) is 4.74 Å². The first-order chi connectivity index (χ1) is 8.22. The third kappa shape index (κ3) is 2.95. The van der Waals surface area contributed by atoms with Crippen molar-refractivity contribution < 1.29 is 9.66 Å². The van der Waals surface area contributed by atoms with Crippen molar-refractivity contribution in [1.29, 1.82) is 0 Å². The molecule has 1 fully saturated rings. The first-order valence-electron chi connectivity index (χ1n) is 5.63. The summed E-state index contributed by atoms with van der Waals surface area (Å²) in [4.78, 5) is 10.6. The van der Waals surface area contributed by atoms with E-state index in [-0.39, 0.29) is 16.5 Å². The van der Waals surface area contributed by atoms with Crippen molar-refractivity contribution in [3.05, 3.63) is 39.9 Å². The summed E-state index contributed by atoms with van der Waals surface area (Å²) in [6.45, 7) is 0.596. The molecule has 4 nitrogen and oxygen atoms in total. The van der Waals surface area contributed by atoms with Crippen LogP contribution < -0.4 is 0 Å². The van der Waals surface area contributed by atoms with Gasteiger partial charge in [0.25, 0.3) is 5.69 Å². The third-order valence-electron chi connectivity index (χ3n) is 3.12. The summed E-state index contributed by atoms with van der Waals surface area (Å²) in [5.74, 6) is 0.163. The number of rotatable bonds is 3. The fourth-order valence-electron chi connectivity index (χ4n) is 2.17. The van der Waals surface area contributed by atoms with E-state index in [0.717, 1.165) is 22.8 Å². The second kappa shape index (κ2) is 5.77. The predicted octanol–water partition coefficient (Wildman–Crippen LogP) is 3.29. The van der Waals surface area contributed by atoms with Crippen LogP contribution >= 0.6 is 22.6 Å². The standard InChI is InChI=1S/C12H14INO3/c13-7-10-6-5-9(8-17-10)11-3-1-2-4-12(11)14(15)16/h1-4,9-10H,5-8H2/t9-,10-/m0/s1. The molecule has 2 rings (SSSR count). The van der Waals surface area contributed by atoms with Gasteiger partial charge in [-0.15, -0.1) is 0 Å². The van der Waals surface area contributed by atoms with E-state index in [2.05, 4.69) is 22.6 Å². The number of ether oxygens (including phenoxy) is 1. The van der Waals surface area contributed by atoms with Crippen LogP contribution in [0.25, 0.3) is 0 Å². The lowest BCUT2D eigenvalue weighted by molar-refractivity contribution is -0.385. The number of para-hydroxylation sites is 1. The van der Waals surface area contributed by atoms with Gasteiger partial charge in [-0.25, -0.2) is 0 Å². The molecule has 1 aromatic rings. The Kier molecular flexibility index (Phi) is 4.33. The van der Waals surface area contributed by atoms with Gasteiger partial charge in [0.2, 0.25) is 0 Å². The summed E-state index contributed by atoms with van der Waals surface area (Å²) < 4.78 is 6.69. The highest BCUT2D eigenvalue weighted by Gasteiger charge is 2.27. The Morgan fingerprint density at radius 2 is 2.18 bits per heavy atom. The number of nitro groups is 1. The minimum absolute atomic E-state index is 0.163. The van der Waals surface area contributed by atoms with E-state index in [1.165, 1.54) is 0 Å². The molecule has 0 unspecified atom stereocenters. The molecule has 0 radical (unpaired) electrons. The monoisotopic (exact) mass is 347 g/mol. The van der Waals surface area contributed by atoms with Crippen molar-refractivity contribution in [1.82, 2.24) is 0 Å². The molecule has 0 spiro atoms. The van der Waals surface area contributed by atoms with Crippen LogP contribution in [-0.2, 0) is 4.74 Å². The normalized spacial score (nSPS) is 24.5. The number of hydrogen-bond acceptors (Lipinski definition) is 3. The van der Waals surface area contributed by atoms with Gasteiger partial charge in [0.15, 0.2) is 0 Å². The first-order valence-corrected chi connectivity index (χ1v) is 7.15. The fraction of sp³-hybridized carbons (Fsp3) is 0.500. The van der Waals surface area contributed by atoms with Crippen LogP contribution in [0.3, 0.4) is 0 Å². The lowest BCUT2D eigenvalue weighted by Gasteiger charge is -2.28. The van der Waals surface area contributed by atoms with E-state index >= 15 is 0 Å². The Balaban J connectivity index is 2.15. The van der Waals surface area contributed by atoms with Crippen LogP contribution in [0.15, 0.2) is 24.3 Å².